The van der Waals surface area contributed by atoms with Gasteiger partial charge < -0.3 is 5.11 Å². The molecule has 0 aliphatic heterocycles. The lowest BCUT2D eigenvalue weighted by atomic mass is 9.87. The molecule has 1 aliphatic rings. The molecule has 0 aromatic rings. The smallest absolute Gasteiger partial charge is 0.317 e. The Hall–Kier alpha value is -1.01. The van der Waals surface area contributed by atoms with Crippen molar-refractivity contribution in [2.75, 3.05) is 19.6 Å². The van der Waals surface area contributed by atoms with E-state index in [-0.39, 0.29) is 6.54 Å². The number of carbonyl (C=O) groups is 1. The summed E-state index contributed by atoms with van der Waals surface area (Å²) in [5.41, 5.74) is 0. The van der Waals surface area contributed by atoms with Crippen LogP contribution in [0.15, 0.2) is 0 Å². The summed E-state index contributed by atoms with van der Waals surface area (Å²) in [4.78, 5) is 12.5. The first-order valence-electron chi connectivity index (χ1n) is 6.10. The van der Waals surface area contributed by atoms with Crippen molar-refractivity contribution in [1.29, 1.82) is 0 Å². The van der Waals surface area contributed by atoms with Crippen molar-refractivity contribution in [2.45, 2.75) is 38.5 Å². The lowest BCUT2D eigenvalue weighted by Crippen LogP contribution is -2.32. The zero-order valence-corrected chi connectivity index (χ0v) is 9.82. The van der Waals surface area contributed by atoms with Crippen LogP contribution in [0.25, 0.3) is 0 Å². The van der Waals surface area contributed by atoms with Crippen LogP contribution in [0.1, 0.15) is 38.5 Å². The molecule has 0 aromatic heterocycles. The lowest BCUT2D eigenvalue weighted by Gasteiger charge is -2.24. The molecule has 0 amide bonds. The number of hydrogen-bond acceptors (Lipinski definition) is 2. The van der Waals surface area contributed by atoms with Gasteiger partial charge in [0.25, 0.3) is 0 Å². The Labute approximate surface area is 97.8 Å². The van der Waals surface area contributed by atoms with Gasteiger partial charge in [0.15, 0.2) is 0 Å². The van der Waals surface area contributed by atoms with Crippen LogP contribution in [0.2, 0.25) is 0 Å². The minimum atomic E-state index is -0.793. The Morgan fingerprint density at radius 2 is 2.06 bits per heavy atom. The van der Waals surface area contributed by atoms with E-state index in [1.807, 2.05) is 4.90 Å². The molecule has 1 fully saturated rings. The van der Waals surface area contributed by atoms with E-state index in [0.717, 1.165) is 18.9 Å². The third-order valence-electron chi connectivity index (χ3n) is 3.25. The second-order valence-corrected chi connectivity index (χ2v) is 4.60. The van der Waals surface area contributed by atoms with Crippen molar-refractivity contribution in [3.8, 4) is 12.3 Å². The van der Waals surface area contributed by atoms with Crippen LogP contribution in [-0.2, 0) is 4.79 Å². The Bertz CT molecular complexity index is 251. The maximum atomic E-state index is 10.6. The van der Waals surface area contributed by atoms with E-state index in [2.05, 4.69) is 5.92 Å². The third kappa shape index (κ3) is 5.18. The van der Waals surface area contributed by atoms with Gasteiger partial charge in [0, 0.05) is 0 Å². The predicted octanol–water partition coefficient (Wildman–Crippen LogP) is 1.98. The molecule has 0 saturated heterocycles. The van der Waals surface area contributed by atoms with Crippen molar-refractivity contribution >= 4 is 5.97 Å². The highest BCUT2D eigenvalue weighted by atomic mass is 16.4. The topological polar surface area (TPSA) is 40.5 Å². The van der Waals surface area contributed by atoms with E-state index < -0.39 is 5.97 Å². The van der Waals surface area contributed by atoms with Gasteiger partial charge in [-0.1, -0.05) is 38.0 Å². The summed E-state index contributed by atoms with van der Waals surface area (Å²) in [5, 5.41) is 8.74. The number of aliphatic carboxylic acids is 1. The van der Waals surface area contributed by atoms with Crippen LogP contribution in [0.5, 0.6) is 0 Å². The van der Waals surface area contributed by atoms with E-state index >= 15 is 0 Å². The molecular formula is C13H21NO2. The zero-order chi connectivity index (χ0) is 11.8. The Morgan fingerprint density at radius 1 is 1.38 bits per heavy atom. The van der Waals surface area contributed by atoms with Crippen LogP contribution < -0.4 is 0 Å². The van der Waals surface area contributed by atoms with Gasteiger partial charge in [0.2, 0.25) is 0 Å². The van der Waals surface area contributed by atoms with E-state index in [0.29, 0.717) is 6.54 Å². The average molecular weight is 223 g/mol. The molecule has 1 rings (SSSR count). The normalized spacial score (nSPS) is 17.2. The molecule has 1 N–H and O–H groups in total. The largest absolute Gasteiger partial charge is 0.480 e. The molecule has 90 valence electrons. The van der Waals surface area contributed by atoms with Crippen molar-refractivity contribution in [3.05, 3.63) is 0 Å². The summed E-state index contributed by atoms with van der Waals surface area (Å²) in [6, 6.07) is 0. The fourth-order valence-corrected chi connectivity index (χ4v) is 2.38. The number of carboxylic acid groups (broad SMARTS) is 1. The van der Waals surface area contributed by atoms with Crippen LogP contribution in [0.3, 0.4) is 0 Å². The summed E-state index contributed by atoms with van der Waals surface area (Å²) >= 11 is 0. The molecule has 16 heavy (non-hydrogen) atoms. The second kappa shape index (κ2) is 7.29. The van der Waals surface area contributed by atoms with E-state index in [1.54, 1.807) is 0 Å². The first kappa shape index (κ1) is 13.1. The molecule has 3 nitrogen and oxygen atoms in total. The third-order valence-corrected chi connectivity index (χ3v) is 3.25. The quantitative estimate of drug-likeness (QED) is 0.700. The van der Waals surface area contributed by atoms with E-state index in [1.165, 1.54) is 32.1 Å². The van der Waals surface area contributed by atoms with Crippen LogP contribution in [0.4, 0.5) is 0 Å². The van der Waals surface area contributed by atoms with Crippen molar-refractivity contribution in [3.63, 3.8) is 0 Å². The Kier molecular flexibility index (Phi) is 5.95. The highest BCUT2D eigenvalue weighted by Crippen LogP contribution is 2.26. The number of terminal acetylenes is 1. The number of rotatable bonds is 6. The molecule has 0 atom stereocenters. The Morgan fingerprint density at radius 3 is 2.62 bits per heavy atom. The minimum absolute atomic E-state index is 0.0664. The molecule has 3 heteroatoms. The lowest BCUT2D eigenvalue weighted by molar-refractivity contribution is -0.138. The number of nitrogens with zero attached hydrogens (tertiary/aromatic N) is 1. The van der Waals surface area contributed by atoms with E-state index in [9.17, 15) is 4.79 Å². The van der Waals surface area contributed by atoms with Crippen molar-refractivity contribution in [2.24, 2.45) is 5.92 Å². The van der Waals surface area contributed by atoms with Crippen LogP contribution in [0, 0.1) is 18.3 Å². The molecule has 0 bridgehead atoms. The summed E-state index contributed by atoms with van der Waals surface area (Å²) in [6.07, 6.45) is 13.0. The molecule has 0 radical (unpaired) electrons. The fourth-order valence-electron chi connectivity index (χ4n) is 2.38. The van der Waals surface area contributed by atoms with Gasteiger partial charge in [-0.3, -0.25) is 9.69 Å². The maximum absolute atomic E-state index is 10.6. The van der Waals surface area contributed by atoms with Gasteiger partial charge in [0.05, 0.1) is 13.1 Å². The highest BCUT2D eigenvalue weighted by molar-refractivity contribution is 5.69. The first-order chi connectivity index (χ1) is 7.72. The minimum Gasteiger partial charge on any atom is -0.480 e. The standard InChI is InChI=1S/C13H21NO2/c1-2-9-14(11-13(15)16)10-8-12-6-4-3-5-7-12/h1,12H,3-11H2,(H,15,16). The molecule has 0 heterocycles. The highest BCUT2D eigenvalue weighted by Gasteiger charge is 2.15. The molecular weight excluding hydrogens is 202 g/mol. The zero-order valence-electron chi connectivity index (χ0n) is 9.82. The summed E-state index contributed by atoms with van der Waals surface area (Å²) in [5.74, 6) is 2.51. The van der Waals surface area contributed by atoms with Gasteiger partial charge >= 0.3 is 5.97 Å². The molecule has 1 saturated carbocycles. The monoisotopic (exact) mass is 223 g/mol. The molecule has 0 aromatic carbocycles. The van der Waals surface area contributed by atoms with Crippen molar-refractivity contribution in [1.82, 2.24) is 4.90 Å². The average Bonchev–Trinajstić information content (AvgIpc) is 2.27. The number of hydrogen-bond donors (Lipinski definition) is 1. The van der Waals surface area contributed by atoms with Gasteiger partial charge in [-0.05, 0) is 18.9 Å². The Balaban J connectivity index is 2.25. The van der Waals surface area contributed by atoms with Gasteiger partial charge in [-0.15, -0.1) is 6.42 Å². The summed E-state index contributed by atoms with van der Waals surface area (Å²) < 4.78 is 0. The number of carboxylic acids is 1. The maximum Gasteiger partial charge on any atom is 0.317 e. The van der Waals surface area contributed by atoms with Gasteiger partial charge in [-0.25, -0.2) is 0 Å². The molecule has 0 spiro atoms. The van der Waals surface area contributed by atoms with Gasteiger partial charge in [0.1, 0.15) is 0 Å². The fraction of sp³-hybridized carbons (Fsp3) is 0.769. The van der Waals surface area contributed by atoms with E-state index in [4.69, 9.17) is 11.5 Å². The predicted molar refractivity (Wildman–Crippen MR) is 64.1 cm³/mol. The van der Waals surface area contributed by atoms with Crippen molar-refractivity contribution < 1.29 is 9.90 Å². The first-order valence-corrected chi connectivity index (χ1v) is 6.10. The SMILES string of the molecule is C#CCN(CCC1CCCCC1)CC(=O)O. The second-order valence-electron chi connectivity index (χ2n) is 4.60. The van der Waals surface area contributed by atoms with Gasteiger partial charge in [-0.2, -0.15) is 0 Å². The summed E-state index contributed by atoms with van der Waals surface area (Å²) in [6.45, 7) is 1.33. The molecule has 0 unspecified atom stereocenters. The molecule has 1 aliphatic carbocycles. The van der Waals surface area contributed by atoms with Crippen LogP contribution >= 0.6 is 0 Å². The van der Waals surface area contributed by atoms with Crippen LogP contribution in [-0.4, -0.2) is 35.6 Å². The summed E-state index contributed by atoms with van der Waals surface area (Å²) in [7, 11) is 0.